The van der Waals surface area contributed by atoms with Gasteiger partial charge in [0, 0.05) is 0 Å². The van der Waals surface area contributed by atoms with Crippen LogP contribution in [0.4, 0.5) is 0 Å². The fraction of sp³-hybridized carbons (Fsp3) is 0.273. The van der Waals surface area contributed by atoms with Gasteiger partial charge in [0.05, 0.1) is 23.4 Å². The summed E-state index contributed by atoms with van der Waals surface area (Å²) >= 11 is 1.23. The first-order valence-electron chi connectivity index (χ1n) is 4.86. The zero-order valence-corrected chi connectivity index (χ0v) is 9.81. The van der Waals surface area contributed by atoms with E-state index in [1.807, 2.05) is 0 Å². The van der Waals surface area contributed by atoms with Crippen molar-refractivity contribution in [3.63, 3.8) is 0 Å². The second-order valence-electron chi connectivity index (χ2n) is 3.40. The third-order valence-corrected chi connectivity index (χ3v) is 3.39. The number of ether oxygens (including phenoxy) is 1. The van der Waals surface area contributed by atoms with Crippen molar-refractivity contribution in [2.75, 3.05) is 7.11 Å². The number of fused-ring (bicyclic) bond motifs is 1. The van der Waals surface area contributed by atoms with Crippen molar-refractivity contribution in [2.45, 2.75) is 12.2 Å². The van der Waals surface area contributed by atoms with Gasteiger partial charge in [0.1, 0.15) is 16.9 Å². The molecule has 2 aromatic rings. The van der Waals surface area contributed by atoms with Gasteiger partial charge in [0.2, 0.25) is 0 Å². The van der Waals surface area contributed by atoms with Crippen molar-refractivity contribution >= 4 is 21.6 Å². The molecule has 2 rings (SSSR count). The molecule has 0 radical (unpaired) electrons. The Bertz CT molecular complexity index is 576. The molecule has 0 aliphatic heterocycles. The average molecular weight is 250 g/mol. The predicted molar refractivity (Wildman–Crippen MR) is 62.8 cm³/mol. The maximum absolute atomic E-state index is 9.66. The highest BCUT2D eigenvalue weighted by Gasteiger charge is 2.21. The Kier molecular flexibility index (Phi) is 3.24. The third-order valence-electron chi connectivity index (χ3n) is 2.30. The van der Waals surface area contributed by atoms with Crippen LogP contribution in [0.25, 0.3) is 10.2 Å². The van der Waals surface area contributed by atoms with Crippen molar-refractivity contribution < 1.29 is 14.9 Å². The SMILES string of the molecule is COc1ccc2nc(C(O)C(O)C#N)sc2c1. The number of hydrogen-bond donors (Lipinski definition) is 2. The summed E-state index contributed by atoms with van der Waals surface area (Å²) in [4.78, 5) is 4.16. The normalized spacial score (nSPS) is 14.2. The van der Waals surface area contributed by atoms with E-state index < -0.39 is 12.2 Å². The second-order valence-corrected chi connectivity index (χ2v) is 4.47. The molecule has 0 saturated carbocycles. The fourth-order valence-electron chi connectivity index (χ4n) is 1.38. The molecule has 2 atom stereocenters. The summed E-state index contributed by atoms with van der Waals surface area (Å²) in [6.45, 7) is 0. The summed E-state index contributed by atoms with van der Waals surface area (Å²) in [5.41, 5.74) is 0.704. The summed E-state index contributed by atoms with van der Waals surface area (Å²) in [6.07, 6.45) is -2.74. The molecule has 0 bridgehead atoms. The Morgan fingerprint density at radius 2 is 2.24 bits per heavy atom. The average Bonchev–Trinajstić information content (AvgIpc) is 2.79. The molecule has 0 spiro atoms. The van der Waals surface area contributed by atoms with Crippen LogP contribution in [0.3, 0.4) is 0 Å². The van der Waals surface area contributed by atoms with Crippen LogP contribution in [-0.2, 0) is 0 Å². The van der Waals surface area contributed by atoms with Gasteiger partial charge in [-0.15, -0.1) is 11.3 Å². The van der Waals surface area contributed by atoms with Crippen molar-refractivity contribution in [3.8, 4) is 11.8 Å². The standard InChI is InChI=1S/C11H10N2O3S/c1-16-6-2-3-7-9(4-6)17-11(13-7)10(15)8(14)5-12/h2-4,8,10,14-15H,1H3. The molecule has 0 amide bonds. The van der Waals surface area contributed by atoms with Gasteiger partial charge in [-0.2, -0.15) is 5.26 Å². The predicted octanol–water partition coefficient (Wildman–Crippen LogP) is 1.22. The van der Waals surface area contributed by atoms with Crippen LogP contribution in [0.5, 0.6) is 5.75 Å². The number of aliphatic hydroxyl groups excluding tert-OH is 2. The first-order chi connectivity index (χ1) is 8.15. The summed E-state index contributed by atoms with van der Waals surface area (Å²) in [5.74, 6) is 0.697. The summed E-state index contributed by atoms with van der Waals surface area (Å²) in [5, 5.41) is 27.7. The van der Waals surface area contributed by atoms with Gasteiger partial charge >= 0.3 is 0 Å². The van der Waals surface area contributed by atoms with Gasteiger partial charge in [0.15, 0.2) is 6.10 Å². The third kappa shape index (κ3) is 2.22. The monoisotopic (exact) mass is 250 g/mol. The molecule has 1 aromatic carbocycles. The van der Waals surface area contributed by atoms with E-state index in [-0.39, 0.29) is 0 Å². The zero-order valence-electron chi connectivity index (χ0n) is 8.99. The number of thiazole rings is 1. The fourth-order valence-corrected chi connectivity index (χ4v) is 2.39. The zero-order chi connectivity index (χ0) is 12.4. The maximum atomic E-state index is 9.66. The van der Waals surface area contributed by atoms with Crippen LogP contribution in [-0.4, -0.2) is 28.4 Å². The highest BCUT2D eigenvalue weighted by Crippen LogP contribution is 2.30. The number of aliphatic hydroxyl groups is 2. The van der Waals surface area contributed by atoms with Crippen LogP contribution >= 0.6 is 11.3 Å². The molecule has 5 nitrogen and oxygen atoms in total. The molecule has 88 valence electrons. The van der Waals surface area contributed by atoms with Crippen molar-refractivity contribution in [3.05, 3.63) is 23.2 Å². The molecule has 1 aromatic heterocycles. The van der Waals surface area contributed by atoms with Gasteiger partial charge in [0.25, 0.3) is 0 Å². The lowest BCUT2D eigenvalue weighted by Crippen LogP contribution is -2.15. The molecule has 2 unspecified atom stereocenters. The Balaban J connectivity index is 2.41. The Morgan fingerprint density at radius 3 is 2.88 bits per heavy atom. The molecule has 1 heterocycles. The number of nitriles is 1. The lowest BCUT2D eigenvalue weighted by Gasteiger charge is -2.06. The molecule has 6 heteroatoms. The highest BCUT2D eigenvalue weighted by molar-refractivity contribution is 7.18. The summed E-state index contributed by atoms with van der Waals surface area (Å²) in [7, 11) is 1.57. The first-order valence-corrected chi connectivity index (χ1v) is 5.67. The van der Waals surface area contributed by atoms with Gasteiger partial charge in [-0.05, 0) is 18.2 Å². The number of methoxy groups -OCH3 is 1. The number of rotatable bonds is 3. The molecule has 0 saturated heterocycles. The number of hydrogen-bond acceptors (Lipinski definition) is 6. The van der Waals surface area contributed by atoms with Crippen molar-refractivity contribution in [2.24, 2.45) is 0 Å². The molecular weight excluding hydrogens is 240 g/mol. The molecule has 0 aliphatic rings. The van der Waals surface area contributed by atoms with E-state index in [1.165, 1.54) is 11.3 Å². The quantitative estimate of drug-likeness (QED) is 0.800. The Hall–Kier alpha value is -1.68. The van der Waals surface area contributed by atoms with Crippen LogP contribution < -0.4 is 4.74 Å². The van der Waals surface area contributed by atoms with Crippen LogP contribution in [0.1, 0.15) is 11.1 Å². The van der Waals surface area contributed by atoms with E-state index in [4.69, 9.17) is 10.00 Å². The minimum atomic E-state index is -1.46. The number of nitrogens with zero attached hydrogens (tertiary/aromatic N) is 2. The second kappa shape index (κ2) is 4.67. The Labute approximate surface area is 102 Å². The van der Waals surface area contributed by atoms with E-state index >= 15 is 0 Å². The van der Waals surface area contributed by atoms with Gasteiger partial charge in [-0.25, -0.2) is 4.98 Å². The lowest BCUT2D eigenvalue weighted by atomic mass is 10.2. The van der Waals surface area contributed by atoms with Gasteiger partial charge < -0.3 is 14.9 Å². The van der Waals surface area contributed by atoms with Crippen LogP contribution in [0, 0.1) is 11.3 Å². The molecule has 0 aliphatic carbocycles. The van der Waals surface area contributed by atoms with E-state index in [9.17, 15) is 10.2 Å². The molecule has 2 N–H and O–H groups in total. The van der Waals surface area contributed by atoms with E-state index in [0.717, 1.165) is 4.70 Å². The van der Waals surface area contributed by atoms with Gasteiger partial charge in [-0.3, -0.25) is 0 Å². The van der Waals surface area contributed by atoms with Crippen molar-refractivity contribution in [1.29, 1.82) is 5.26 Å². The maximum Gasteiger partial charge on any atom is 0.172 e. The lowest BCUT2D eigenvalue weighted by molar-refractivity contribution is 0.0527. The largest absolute Gasteiger partial charge is 0.497 e. The van der Waals surface area contributed by atoms with E-state index in [2.05, 4.69) is 4.98 Å². The topological polar surface area (TPSA) is 86.4 Å². The van der Waals surface area contributed by atoms with E-state index in [0.29, 0.717) is 16.3 Å². The number of aromatic nitrogens is 1. The van der Waals surface area contributed by atoms with Crippen LogP contribution in [0.2, 0.25) is 0 Å². The minimum absolute atomic E-state index is 0.322. The number of benzene rings is 1. The molecule has 17 heavy (non-hydrogen) atoms. The van der Waals surface area contributed by atoms with Gasteiger partial charge in [-0.1, -0.05) is 0 Å². The smallest absolute Gasteiger partial charge is 0.172 e. The first kappa shape index (κ1) is 11.8. The molecular formula is C11H10N2O3S. The molecule has 0 fully saturated rings. The van der Waals surface area contributed by atoms with Crippen LogP contribution in [0.15, 0.2) is 18.2 Å². The Morgan fingerprint density at radius 1 is 1.47 bits per heavy atom. The highest BCUT2D eigenvalue weighted by atomic mass is 32.1. The van der Waals surface area contributed by atoms with Crippen molar-refractivity contribution in [1.82, 2.24) is 4.98 Å². The minimum Gasteiger partial charge on any atom is -0.497 e. The summed E-state index contributed by atoms with van der Waals surface area (Å²) in [6, 6.07) is 6.90. The van der Waals surface area contributed by atoms with E-state index in [1.54, 1.807) is 31.4 Å². The summed E-state index contributed by atoms with van der Waals surface area (Å²) < 4.78 is 5.91.